The van der Waals surface area contributed by atoms with Crippen molar-refractivity contribution < 1.29 is 9.59 Å². The second kappa shape index (κ2) is 5.52. The summed E-state index contributed by atoms with van der Waals surface area (Å²) < 4.78 is 0. The Morgan fingerprint density at radius 1 is 1.44 bits per heavy atom. The number of anilines is 1. The van der Waals surface area contributed by atoms with Gasteiger partial charge in [0.1, 0.15) is 6.04 Å². The summed E-state index contributed by atoms with van der Waals surface area (Å²) in [6, 6.07) is 1.56. The van der Waals surface area contributed by atoms with E-state index in [0.717, 1.165) is 18.5 Å². The first-order valence-electron chi connectivity index (χ1n) is 6.32. The Labute approximate surface area is 111 Å². The lowest BCUT2D eigenvalue weighted by molar-refractivity contribution is -0.141. The lowest BCUT2D eigenvalue weighted by atomic mass is 10.1. The van der Waals surface area contributed by atoms with Crippen molar-refractivity contribution in [2.24, 2.45) is 0 Å². The lowest BCUT2D eigenvalue weighted by Gasteiger charge is -2.24. The molecule has 98 valence electrons. The van der Waals surface area contributed by atoms with Crippen molar-refractivity contribution >= 4 is 28.8 Å². The number of hydrogen-bond donors (Lipinski definition) is 1. The third-order valence-electron chi connectivity index (χ3n) is 3.35. The highest BCUT2D eigenvalue weighted by atomic mass is 32.1. The van der Waals surface area contributed by atoms with Crippen LogP contribution < -0.4 is 5.32 Å². The second-order valence-electron chi connectivity index (χ2n) is 4.49. The Bertz CT molecular complexity index is 426. The van der Waals surface area contributed by atoms with Gasteiger partial charge in [-0.2, -0.15) is 11.3 Å². The number of carbonyl (C=O) groups is 2. The van der Waals surface area contributed by atoms with E-state index in [9.17, 15) is 9.59 Å². The van der Waals surface area contributed by atoms with Crippen LogP contribution in [0.25, 0.3) is 0 Å². The first kappa shape index (κ1) is 13.1. The average molecular weight is 266 g/mol. The van der Waals surface area contributed by atoms with E-state index in [-0.39, 0.29) is 24.3 Å². The molecule has 0 bridgehead atoms. The smallest absolute Gasteiger partial charge is 0.252 e. The quantitative estimate of drug-likeness (QED) is 0.833. The monoisotopic (exact) mass is 266 g/mol. The first-order chi connectivity index (χ1) is 8.67. The summed E-state index contributed by atoms with van der Waals surface area (Å²) in [6.07, 6.45) is 1.91. The highest BCUT2D eigenvalue weighted by Crippen LogP contribution is 2.23. The summed E-state index contributed by atoms with van der Waals surface area (Å²) in [5, 5.41) is 7.02. The van der Waals surface area contributed by atoms with Crippen LogP contribution in [0.4, 0.5) is 5.69 Å². The molecule has 1 N–H and O–H groups in total. The largest absolute Gasteiger partial charge is 0.373 e. The summed E-state index contributed by atoms with van der Waals surface area (Å²) in [5.41, 5.74) is 0.914. The van der Waals surface area contributed by atoms with E-state index in [1.54, 1.807) is 11.3 Å². The van der Waals surface area contributed by atoms with Gasteiger partial charge in [0.25, 0.3) is 5.91 Å². The zero-order valence-electron chi connectivity index (χ0n) is 10.7. The molecular formula is C13H18N2O2S. The fourth-order valence-electron chi connectivity index (χ4n) is 2.35. The Hall–Kier alpha value is -1.36. The molecule has 1 aromatic rings. The Morgan fingerprint density at radius 3 is 2.72 bits per heavy atom. The van der Waals surface area contributed by atoms with Crippen LogP contribution in [0.1, 0.15) is 33.1 Å². The Balaban J connectivity index is 2.09. The van der Waals surface area contributed by atoms with Crippen molar-refractivity contribution in [3.63, 3.8) is 0 Å². The molecule has 5 heteroatoms. The summed E-state index contributed by atoms with van der Waals surface area (Å²) >= 11 is 1.57. The van der Waals surface area contributed by atoms with Crippen LogP contribution in [0.5, 0.6) is 0 Å². The van der Waals surface area contributed by atoms with Gasteiger partial charge in [-0.05, 0) is 24.3 Å². The van der Waals surface area contributed by atoms with E-state index in [1.165, 1.54) is 4.90 Å². The molecule has 1 aliphatic rings. The van der Waals surface area contributed by atoms with Gasteiger partial charge in [-0.1, -0.05) is 13.8 Å². The third-order valence-corrected chi connectivity index (χ3v) is 4.04. The predicted octanol–water partition coefficient (Wildman–Crippen LogP) is 2.48. The number of amides is 2. The maximum absolute atomic E-state index is 12.2. The van der Waals surface area contributed by atoms with Crippen LogP contribution in [-0.4, -0.2) is 28.8 Å². The normalized spacial score (nSPS) is 19.9. The SMILES string of the molecule is CCC(CC)N1C(=O)CC(Nc2ccsc2)C1=O. The fraction of sp³-hybridized carbons (Fsp3) is 0.538. The zero-order chi connectivity index (χ0) is 13.1. The molecule has 0 saturated carbocycles. The number of hydrogen-bond acceptors (Lipinski definition) is 4. The summed E-state index contributed by atoms with van der Waals surface area (Å²) in [4.78, 5) is 25.6. The van der Waals surface area contributed by atoms with Crippen LogP contribution in [0.2, 0.25) is 0 Å². The van der Waals surface area contributed by atoms with Crippen LogP contribution in [0.15, 0.2) is 16.8 Å². The molecule has 0 aromatic carbocycles. The molecule has 18 heavy (non-hydrogen) atoms. The van der Waals surface area contributed by atoms with Crippen molar-refractivity contribution in [1.29, 1.82) is 0 Å². The Kier molecular flexibility index (Phi) is 4.01. The zero-order valence-corrected chi connectivity index (χ0v) is 11.5. The molecule has 1 aliphatic heterocycles. The van der Waals surface area contributed by atoms with E-state index in [1.807, 2.05) is 30.7 Å². The number of carbonyl (C=O) groups excluding carboxylic acids is 2. The maximum Gasteiger partial charge on any atom is 0.252 e. The van der Waals surface area contributed by atoms with Gasteiger partial charge in [0.15, 0.2) is 0 Å². The van der Waals surface area contributed by atoms with Gasteiger partial charge in [-0.15, -0.1) is 0 Å². The van der Waals surface area contributed by atoms with Crippen molar-refractivity contribution in [1.82, 2.24) is 4.90 Å². The van der Waals surface area contributed by atoms with Gasteiger partial charge in [0, 0.05) is 17.1 Å². The van der Waals surface area contributed by atoms with E-state index < -0.39 is 6.04 Å². The summed E-state index contributed by atoms with van der Waals surface area (Å²) in [6.45, 7) is 4.02. The van der Waals surface area contributed by atoms with Gasteiger partial charge < -0.3 is 5.32 Å². The number of rotatable bonds is 5. The first-order valence-corrected chi connectivity index (χ1v) is 7.26. The Morgan fingerprint density at radius 2 is 2.17 bits per heavy atom. The molecule has 1 saturated heterocycles. The minimum atomic E-state index is -0.396. The highest BCUT2D eigenvalue weighted by Gasteiger charge is 2.41. The molecule has 0 radical (unpaired) electrons. The van der Waals surface area contributed by atoms with Crippen LogP contribution in [0, 0.1) is 0 Å². The summed E-state index contributed by atoms with van der Waals surface area (Å²) in [5.74, 6) is -0.138. The molecule has 2 amide bonds. The number of thiophene rings is 1. The van der Waals surface area contributed by atoms with Crippen molar-refractivity contribution in [3.8, 4) is 0 Å². The minimum absolute atomic E-state index is 0.0410. The summed E-state index contributed by atoms with van der Waals surface area (Å²) in [7, 11) is 0. The predicted molar refractivity (Wildman–Crippen MR) is 72.6 cm³/mol. The maximum atomic E-state index is 12.2. The van der Waals surface area contributed by atoms with Crippen LogP contribution in [-0.2, 0) is 9.59 Å². The number of nitrogens with one attached hydrogen (secondary N) is 1. The molecule has 4 nitrogen and oxygen atoms in total. The van der Waals surface area contributed by atoms with Gasteiger partial charge in [-0.3, -0.25) is 14.5 Å². The molecule has 2 heterocycles. The highest BCUT2D eigenvalue weighted by molar-refractivity contribution is 7.08. The second-order valence-corrected chi connectivity index (χ2v) is 5.27. The van der Waals surface area contributed by atoms with Gasteiger partial charge in [0.05, 0.1) is 6.42 Å². The molecule has 2 rings (SSSR count). The molecule has 1 atom stereocenters. The van der Waals surface area contributed by atoms with Crippen molar-refractivity contribution in [3.05, 3.63) is 16.8 Å². The van der Waals surface area contributed by atoms with Crippen molar-refractivity contribution in [2.45, 2.75) is 45.2 Å². The molecule has 0 aliphatic carbocycles. The third kappa shape index (κ3) is 2.41. The molecular weight excluding hydrogens is 248 g/mol. The molecule has 1 aromatic heterocycles. The number of imide groups is 1. The minimum Gasteiger partial charge on any atom is -0.373 e. The standard InChI is InChI=1S/C13H18N2O2S/c1-3-10(4-2)15-12(16)7-11(13(15)17)14-9-5-6-18-8-9/h5-6,8,10-11,14H,3-4,7H2,1-2H3. The number of nitrogens with zero attached hydrogens (tertiary/aromatic N) is 1. The molecule has 1 unspecified atom stereocenters. The average Bonchev–Trinajstić information content (AvgIpc) is 2.94. The molecule has 1 fully saturated rings. The van der Waals surface area contributed by atoms with Gasteiger partial charge in [0.2, 0.25) is 5.91 Å². The lowest BCUT2D eigenvalue weighted by Crippen LogP contribution is -2.41. The van der Waals surface area contributed by atoms with Crippen LogP contribution >= 0.6 is 11.3 Å². The topological polar surface area (TPSA) is 49.4 Å². The van der Waals surface area contributed by atoms with Crippen molar-refractivity contribution in [2.75, 3.05) is 5.32 Å². The van der Waals surface area contributed by atoms with Gasteiger partial charge >= 0.3 is 0 Å². The van der Waals surface area contributed by atoms with E-state index in [2.05, 4.69) is 5.32 Å². The van der Waals surface area contributed by atoms with Gasteiger partial charge in [-0.25, -0.2) is 0 Å². The van der Waals surface area contributed by atoms with E-state index in [0.29, 0.717) is 0 Å². The van der Waals surface area contributed by atoms with E-state index >= 15 is 0 Å². The van der Waals surface area contributed by atoms with E-state index in [4.69, 9.17) is 0 Å². The number of likely N-dealkylation sites (tertiary alicyclic amines) is 1. The molecule has 0 spiro atoms. The fourth-order valence-corrected chi connectivity index (χ4v) is 2.95. The van der Waals surface area contributed by atoms with Crippen LogP contribution in [0.3, 0.4) is 0 Å².